The first-order valence-electron chi connectivity index (χ1n) is 3.58. The summed E-state index contributed by atoms with van der Waals surface area (Å²) in [7, 11) is 0. The van der Waals surface area contributed by atoms with Crippen molar-refractivity contribution in [3.63, 3.8) is 0 Å². The predicted molar refractivity (Wildman–Crippen MR) is 41.3 cm³/mol. The Bertz CT molecular complexity index is 368. The third-order valence-electron chi connectivity index (χ3n) is 1.71. The molecular formula is C9H6F3N. The van der Waals surface area contributed by atoms with Crippen molar-refractivity contribution in [1.82, 2.24) is 0 Å². The molecule has 0 saturated carbocycles. The van der Waals surface area contributed by atoms with Crippen LogP contribution in [0.3, 0.4) is 0 Å². The SMILES string of the molecule is [C-]#[N+]C(C)c1ccc(F)c(F)c1F. The molecule has 1 unspecified atom stereocenters. The van der Waals surface area contributed by atoms with E-state index in [0.29, 0.717) is 0 Å². The second kappa shape index (κ2) is 3.48. The molecule has 1 atom stereocenters. The van der Waals surface area contributed by atoms with E-state index in [2.05, 4.69) is 4.85 Å². The monoisotopic (exact) mass is 185 g/mol. The van der Waals surface area contributed by atoms with Gasteiger partial charge < -0.3 is 4.85 Å². The fourth-order valence-electron chi connectivity index (χ4n) is 0.933. The number of benzene rings is 1. The molecule has 0 aliphatic heterocycles. The topological polar surface area (TPSA) is 4.36 Å². The van der Waals surface area contributed by atoms with Gasteiger partial charge in [0.25, 0.3) is 0 Å². The third kappa shape index (κ3) is 1.64. The Morgan fingerprint density at radius 3 is 2.38 bits per heavy atom. The van der Waals surface area contributed by atoms with E-state index in [4.69, 9.17) is 6.57 Å². The zero-order valence-corrected chi connectivity index (χ0v) is 6.81. The molecule has 0 N–H and O–H groups in total. The van der Waals surface area contributed by atoms with Crippen molar-refractivity contribution in [1.29, 1.82) is 0 Å². The molecule has 0 radical (unpaired) electrons. The van der Waals surface area contributed by atoms with Crippen LogP contribution < -0.4 is 0 Å². The number of halogens is 3. The second-order valence-corrected chi connectivity index (χ2v) is 2.57. The fraction of sp³-hybridized carbons (Fsp3) is 0.222. The summed E-state index contributed by atoms with van der Waals surface area (Å²) in [6.07, 6.45) is 0. The van der Waals surface area contributed by atoms with Crippen LogP contribution in [-0.4, -0.2) is 0 Å². The molecule has 1 nitrogen and oxygen atoms in total. The maximum atomic E-state index is 12.9. The Morgan fingerprint density at radius 2 is 1.85 bits per heavy atom. The number of nitrogens with zero attached hydrogens (tertiary/aromatic N) is 1. The summed E-state index contributed by atoms with van der Waals surface area (Å²) >= 11 is 0. The van der Waals surface area contributed by atoms with Crippen LogP contribution in [-0.2, 0) is 0 Å². The molecule has 1 aromatic carbocycles. The number of hydrogen-bond donors (Lipinski definition) is 0. The van der Waals surface area contributed by atoms with Gasteiger partial charge in [0.1, 0.15) is 0 Å². The minimum atomic E-state index is -1.52. The van der Waals surface area contributed by atoms with Gasteiger partial charge in [0, 0.05) is 6.92 Å². The van der Waals surface area contributed by atoms with Crippen LogP contribution in [0.1, 0.15) is 18.5 Å². The van der Waals surface area contributed by atoms with Crippen LogP contribution in [0.15, 0.2) is 12.1 Å². The Balaban J connectivity index is 3.28. The lowest BCUT2D eigenvalue weighted by atomic mass is 10.1. The molecule has 0 saturated heterocycles. The largest absolute Gasteiger partial charge is 0.309 e. The lowest BCUT2D eigenvalue weighted by molar-refractivity contribution is 0.439. The second-order valence-electron chi connectivity index (χ2n) is 2.57. The van der Waals surface area contributed by atoms with E-state index in [0.717, 1.165) is 12.1 Å². The third-order valence-corrected chi connectivity index (χ3v) is 1.71. The van der Waals surface area contributed by atoms with Crippen LogP contribution in [0.25, 0.3) is 4.85 Å². The first-order chi connectivity index (χ1) is 6.07. The van der Waals surface area contributed by atoms with Gasteiger partial charge in [-0.05, 0) is 12.1 Å². The van der Waals surface area contributed by atoms with Gasteiger partial charge in [0.15, 0.2) is 17.5 Å². The van der Waals surface area contributed by atoms with E-state index in [1.165, 1.54) is 6.92 Å². The number of hydrogen-bond acceptors (Lipinski definition) is 0. The molecule has 0 bridgehead atoms. The molecule has 0 aliphatic rings. The summed E-state index contributed by atoms with van der Waals surface area (Å²) in [4.78, 5) is 3.01. The van der Waals surface area contributed by atoms with Crippen LogP contribution >= 0.6 is 0 Å². The highest BCUT2D eigenvalue weighted by atomic mass is 19.2. The van der Waals surface area contributed by atoms with Gasteiger partial charge in [-0.25, -0.2) is 19.7 Å². The molecule has 0 fully saturated rings. The van der Waals surface area contributed by atoms with Crippen molar-refractivity contribution < 1.29 is 13.2 Å². The average molecular weight is 185 g/mol. The first kappa shape index (κ1) is 9.59. The Morgan fingerprint density at radius 1 is 1.23 bits per heavy atom. The Labute approximate surface area is 73.6 Å². The summed E-state index contributed by atoms with van der Waals surface area (Å²) in [6.45, 7) is 8.03. The van der Waals surface area contributed by atoms with Gasteiger partial charge in [-0.15, -0.1) is 0 Å². The molecule has 1 rings (SSSR count). The van der Waals surface area contributed by atoms with E-state index < -0.39 is 23.5 Å². The Kier molecular flexibility index (Phi) is 2.57. The normalized spacial score (nSPS) is 12.2. The predicted octanol–water partition coefficient (Wildman–Crippen LogP) is 3.08. The molecule has 0 amide bonds. The standard InChI is InChI=1S/C9H6F3N/c1-5(13-2)6-3-4-7(10)9(12)8(6)11/h3-5H,1H3. The van der Waals surface area contributed by atoms with Crippen molar-refractivity contribution >= 4 is 0 Å². The van der Waals surface area contributed by atoms with Gasteiger partial charge in [-0.3, -0.25) is 0 Å². The molecule has 1 aromatic rings. The Hall–Kier alpha value is -1.50. The molecule has 0 aromatic heterocycles. The summed E-state index contributed by atoms with van der Waals surface area (Å²) in [5.41, 5.74) is -0.117. The first-order valence-corrected chi connectivity index (χ1v) is 3.58. The van der Waals surface area contributed by atoms with Gasteiger partial charge in [0.2, 0.25) is 6.04 Å². The molecule has 13 heavy (non-hydrogen) atoms. The van der Waals surface area contributed by atoms with Gasteiger partial charge >= 0.3 is 0 Å². The summed E-state index contributed by atoms with van der Waals surface area (Å²) in [5.74, 6) is -4.03. The molecular weight excluding hydrogens is 179 g/mol. The quantitative estimate of drug-likeness (QED) is 0.467. The smallest absolute Gasteiger partial charge is 0.248 e. The van der Waals surface area contributed by atoms with Gasteiger partial charge in [0.05, 0.1) is 5.56 Å². The van der Waals surface area contributed by atoms with E-state index in [-0.39, 0.29) is 5.56 Å². The summed E-state index contributed by atoms with van der Waals surface area (Å²) < 4.78 is 38.0. The van der Waals surface area contributed by atoms with E-state index in [1.54, 1.807) is 0 Å². The maximum absolute atomic E-state index is 12.9. The van der Waals surface area contributed by atoms with Crippen LogP contribution in [0.5, 0.6) is 0 Å². The van der Waals surface area contributed by atoms with Gasteiger partial charge in [-0.1, -0.05) is 0 Å². The van der Waals surface area contributed by atoms with Crippen molar-refractivity contribution in [3.05, 3.63) is 46.6 Å². The fourth-order valence-corrected chi connectivity index (χ4v) is 0.933. The molecule has 68 valence electrons. The lowest BCUT2D eigenvalue weighted by Gasteiger charge is -2.02. The number of rotatable bonds is 1. The van der Waals surface area contributed by atoms with Crippen LogP contribution in [0.2, 0.25) is 0 Å². The highest BCUT2D eigenvalue weighted by Gasteiger charge is 2.20. The molecule has 0 heterocycles. The zero-order chi connectivity index (χ0) is 10.0. The van der Waals surface area contributed by atoms with E-state index >= 15 is 0 Å². The van der Waals surface area contributed by atoms with Crippen molar-refractivity contribution in [2.24, 2.45) is 0 Å². The van der Waals surface area contributed by atoms with Gasteiger partial charge in [-0.2, -0.15) is 0 Å². The van der Waals surface area contributed by atoms with Crippen molar-refractivity contribution in [2.45, 2.75) is 13.0 Å². The maximum Gasteiger partial charge on any atom is 0.248 e. The van der Waals surface area contributed by atoms with E-state index in [1.807, 2.05) is 0 Å². The summed E-state index contributed by atoms with van der Waals surface area (Å²) in [6, 6.07) is 1.10. The zero-order valence-electron chi connectivity index (χ0n) is 6.81. The van der Waals surface area contributed by atoms with Crippen molar-refractivity contribution in [2.75, 3.05) is 0 Å². The molecule has 4 heteroatoms. The van der Waals surface area contributed by atoms with Crippen LogP contribution in [0.4, 0.5) is 13.2 Å². The average Bonchev–Trinajstić information content (AvgIpc) is 2.13. The highest BCUT2D eigenvalue weighted by Crippen LogP contribution is 2.23. The minimum Gasteiger partial charge on any atom is -0.309 e. The molecule has 0 spiro atoms. The summed E-state index contributed by atoms with van der Waals surface area (Å²) in [5, 5.41) is 0. The molecule has 0 aliphatic carbocycles. The lowest BCUT2D eigenvalue weighted by Crippen LogP contribution is -1.98. The van der Waals surface area contributed by atoms with E-state index in [9.17, 15) is 13.2 Å². The van der Waals surface area contributed by atoms with Crippen LogP contribution in [0, 0.1) is 24.0 Å². The minimum absolute atomic E-state index is 0.117. The van der Waals surface area contributed by atoms with Crippen molar-refractivity contribution in [3.8, 4) is 0 Å². The highest BCUT2D eigenvalue weighted by molar-refractivity contribution is 5.24.